The first-order chi connectivity index (χ1) is 13.1. The molecule has 1 heterocycles. The number of hydrogen-bond acceptors (Lipinski definition) is 4. The number of hydrazine groups is 1. The van der Waals surface area contributed by atoms with Gasteiger partial charge in [-0.15, -0.1) is 0 Å². The third kappa shape index (κ3) is 4.71. The minimum Gasteiger partial charge on any atom is -0.383 e. The fraction of sp³-hybridized carbons (Fsp3) is 0.381. The normalized spacial score (nSPS) is 19.2. The molecule has 2 aromatic carbocycles. The molecule has 1 amide bonds. The molecule has 1 aliphatic rings. The van der Waals surface area contributed by atoms with Crippen LogP contribution in [0.5, 0.6) is 0 Å². The Morgan fingerprint density at radius 3 is 2.81 bits per heavy atom. The van der Waals surface area contributed by atoms with E-state index in [-0.39, 0.29) is 23.7 Å². The predicted molar refractivity (Wildman–Crippen MR) is 102 cm³/mol. The van der Waals surface area contributed by atoms with Gasteiger partial charge in [0.2, 0.25) is 5.91 Å². The van der Waals surface area contributed by atoms with Crippen molar-refractivity contribution in [3.05, 3.63) is 71.0 Å². The number of nitrogens with zero attached hydrogens (tertiary/aromatic N) is 1. The smallest absolute Gasteiger partial charge is 0.229 e. The van der Waals surface area contributed by atoms with Gasteiger partial charge in [-0.05, 0) is 35.7 Å². The largest absolute Gasteiger partial charge is 0.383 e. The summed E-state index contributed by atoms with van der Waals surface area (Å²) in [6.45, 7) is 4.05. The molecule has 0 aliphatic carbocycles. The molecule has 0 saturated carbocycles. The molecule has 27 heavy (non-hydrogen) atoms. The zero-order valence-corrected chi connectivity index (χ0v) is 15.7. The Balaban J connectivity index is 1.80. The van der Waals surface area contributed by atoms with Gasteiger partial charge in [0.05, 0.1) is 18.6 Å². The van der Waals surface area contributed by atoms with Crippen molar-refractivity contribution in [2.24, 2.45) is 5.92 Å². The van der Waals surface area contributed by atoms with Crippen molar-refractivity contribution < 1.29 is 13.9 Å². The number of rotatable bonds is 7. The van der Waals surface area contributed by atoms with Crippen LogP contribution in [-0.4, -0.2) is 37.6 Å². The van der Waals surface area contributed by atoms with Crippen molar-refractivity contribution in [3.8, 4) is 0 Å². The van der Waals surface area contributed by atoms with Crippen molar-refractivity contribution in [1.82, 2.24) is 15.8 Å². The van der Waals surface area contributed by atoms with E-state index in [1.807, 2.05) is 42.2 Å². The first kappa shape index (κ1) is 19.5. The molecule has 0 spiro atoms. The number of benzene rings is 2. The van der Waals surface area contributed by atoms with E-state index < -0.39 is 0 Å². The van der Waals surface area contributed by atoms with Gasteiger partial charge in [-0.25, -0.2) is 9.82 Å². The van der Waals surface area contributed by atoms with Crippen LogP contribution in [-0.2, 0) is 16.1 Å². The van der Waals surface area contributed by atoms with Gasteiger partial charge in [0, 0.05) is 26.7 Å². The summed E-state index contributed by atoms with van der Waals surface area (Å²) in [4.78, 5) is 15.2. The van der Waals surface area contributed by atoms with Crippen LogP contribution in [0, 0.1) is 18.7 Å². The molecule has 0 radical (unpaired) electrons. The summed E-state index contributed by atoms with van der Waals surface area (Å²) in [5.74, 6) is -0.585. The van der Waals surface area contributed by atoms with Crippen LogP contribution in [0.1, 0.15) is 22.7 Å². The van der Waals surface area contributed by atoms with Gasteiger partial charge in [-0.3, -0.25) is 10.2 Å². The van der Waals surface area contributed by atoms with Crippen LogP contribution < -0.4 is 10.9 Å². The van der Waals surface area contributed by atoms with E-state index in [0.29, 0.717) is 26.2 Å². The lowest BCUT2D eigenvalue weighted by atomic mass is 9.93. The number of ether oxygens (including phenoxy) is 1. The summed E-state index contributed by atoms with van der Waals surface area (Å²) in [5, 5.41) is 0. The highest BCUT2D eigenvalue weighted by molar-refractivity contribution is 5.80. The second kappa shape index (κ2) is 9.08. The van der Waals surface area contributed by atoms with Crippen LogP contribution >= 0.6 is 0 Å². The molecule has 2 N–H and O–H groups in total. The zero-order chi connectivity index (χ0) is 19.2. The highest BCUT2D eigenvalue weighted by Crippen LogP contribution is 2.27. The highest BCUT2D eigenvalue weighted by atomic mass is 19.1. The van der Waals surface area contributed by atoms with E-state index in [1.165, 1.54) is 12.1 Å². The first-order valence-electron chi connectivity index (χ1n) is 9.16. The van der Waals surface area contributed by atoms with Gasteiger partial charge in [0.1, 0.15) is 5.82 Å². The van der Waals surface area contributed by atoms with E-state index in [4.69, 9.17) is 4.74 Å². The maximum absolute atomic E-state index is 13.6. The highest BCUT2D eigenvalue weighted by Gasteiger charge is 2.36. The Bertz CT molecular complexity index is 784. The summed E-state index contributed by atoms with van der Waals surface area (Å²) in [6.07, 6.45) is 0. The topological polar surface area (TPSA) is 53.6 Å². The number of amides is 1. The Labute approximate surface area is 159 Å². The molecule has 3 rings (SSSR count). The summed E-state index contributed by atoms with van der Waals surface area (Å²) >= 11 is 0. The van der Waals surface area contributed by atoms with Crippen molar-refractivity contribution in [1.29, 1.82) is 0 Å². The summed E-state index contributed by atoms with van der Waals surface area (Å²) in [5.41, 5.74) is 9.21. The van der Waals surface area contributed by atoms with Gasteiger partial charge in [-0.2, -0.15) is 0 Å². The number of carbonyl (C=O) groups is 1. The number of hydrogen-bond donors (Lipinski definition) is 2. The third-order valence-corrected chi connectivity index (χ3v) is 5.01. The van der Waals surface area contributed by atoms with Crippen molar-refractivity contribution in [2.45, 2.75) is 19.5 Å². The summed E-state index contributed by atoms with van der Waals surface area (Å²) < 4.78 is 18.9. The number of aryl methyl sites for hydroxylation is 1. The van der Waals surface area contributed by atoms with E-state index in [0.717, 1.165) is 16.7 Å². The minimum atomic E-state index is -0.312. The summed E-state index contributed by atoms with van der Waals surface area (Å²) in [7, 11) is 1.63. The Hall–Kier alpha value is -2.28. The van der Waals surface area contributed by atoms with Gasteiger partial charge in [0.25, 0.3) is 0 Å². The van der Waals surface area contributed by atoms with Crippen LogP contribution in [0.3, 0.4) is 0 Å². The fourth-order valence-corrected chi connectivity index (χ4v) is 3.44. The van der Waals surface area contributed by atoms with E-state index in [1.54, 1.807) is 13.2 Å². The molecule has 2 atom stereocenters. The molecule has 2 unspecified atom stereocenters. The molecule has 1 aliphatic heterocycles. The molecule has 144 valence electrons. The van der Waals surface area contributed by atoms with Crippen molar-refractivity contribution in [3.63, 3.8) is 0 Å². The lowest BCUT2D eigenvalue weighted by Crippen LogP contribution is -2.40. The van der Waals surface area contributed by atoms with Gasteiger partial charge >= 0.3 is 0 Å². The van der Waals surface area contributed by atoms with Crippen molar-refractivity contribution in [2.75, 3.05) is 26.8 Å². The van der Waals surface area contributed by atoms with Crippen LogP contribution in [0.25, 0.3) is 0 Å². The third-order valence-electron chi connectivity index (χ3n) is 5.01. The summed E-state index contributed by atoms with van der Waals surface area (Å²) in [6, 6.07) is 14.2. The second-order valence-corrected chi connectivity index (χ2v) is 6.84. The van der Waals surface area contributed by atoms with Crippen LogP contribution in [0.2, 0.25) is 0 Å². The Kier molecular flexibility index (Phi) is 6.55. The lowest BCUT2D eigenvalue weighted by Gasteiger charge is -2.28. The van der Waals surface area contributed by atoms with Gasteiger partial charge in [0.15, 0.2) is 0 Å². The fourth-order valence-electron chi connectivity index (χ4n) is 3.44. The number of nitrogens with one attached hydrogen (secondary N) is 2. The molecule has 0 aromatic heterocycles. The van der Waals surface area contributed by atoms with E-state index >= 15 is 0 Å². The SMILES string of the molecule is COCCN(Cc1ccccc1C)C(=O)C1CNNC1c1cccc(F)c1. The Morgan fingerprint density at radius 2 is 2.07 bits per heavy atom. The molecule has 6 heteroatoms. The molecule has 0 bridgehead atoms. The zero-order valence-electron chi connectivity index (χ0n) is 15.7. The predicted octanol–water partition coefficient (Wildman–Crippen LogP) is 2.57. The minimum absolute atomic E-state index is 0.0297. The maximum Gasteiger partial charge on any atom is 0.229 e. The van der Waals surface area contributed by atoms with Crippen LogP contribution in [0.15, 0.2) is 48.5 Å². The molecule has 1 fully saturated rings. The number of methoxy groups -OCH3 is 1. The van der Waals surface area contributed by atoms with Crippen molar-refractivity contribution >= 4 is 5.91 Å². The van der Waals surface area contributed by atoms with E-state index in [2.05, 4.69) is 10.9 Å². The first-order valence-corrected chi connectivity index (χ1v) is 9.16. The van der Waals surface area contributed by atoms with E-state index in [9.17, 15) is 9.18 Å². The molecule has 1 saturated heterocycles. The van der Waals surface area contributed by atoms with Crippen LogP contribution in [0.4, 0.5) is 4.39 Å². The lowest BCUT2D eigenvalue weighted by molar-refractivity contribution is -0.136. The quantitative estimate of drug-likeness (QED) is 0.786. The molecule has 2 aromatic rings. The molecular formula is C21H26FN3O2. The molecular weight excluding hydrogens is 345 g/mol. The average molecular weight is 371 g/mol. The second-order valence-electron chi connectivity index (χ2n) is 6.84. The monoisotopic (exact) mass is 371 g/mol. The standard InChI is InChI=1S/C21H26FN3O2/c1-15-6-3-4-7-17(15)14-25(10-11-27-2)21(26)19-13-23-24-20(19)16-8-5-9-18(22)12-16/h3-9,12,19-20,23-24H,10-11,13-14H2,1-2H3. The maximum atomic E-state index is 13.6. The average Bonchev–Trinajstić information content (AvgIpc) is 3.16. The van der Waals surface area contributed by atoms with Gasteiger partial charge < -0.3 is 9.64 Å². The van der Waals surface area contributed by atoms with Gasteiger partial charge in [-0.1, -0.05) is 36.4 Å². The number of carbonyl (C=O) groups excluding carboxylic acids is 1. The Morgan fingerprint density at radius 1 is 1.26 bits per heavy atom. The molecule has 5 nitrogen and oxygen atoms in total. The number of halogens is 1.